The Morgan fingerprint density at radius 3 is 2.52 bits per heavy atom. The second kappa shape index (κ2) is 4.75. The average Bonchev–Trinajstić information content (AvgIpc) is 3.16. The molecule has 2 aliphatic rings. The minimum absolute atomic E-state index is 0.0295. The summed E-state index contributed by atoms with van der Waals surface area (Å²) < 4.78 is 38.1. The van der Waals surface area contributed by atoms with E-state index in [0.717, 1.165) is 29.9 Å². The monoisotopic (exact) mass is 298 g/mol. The van der Waals surface area contributed by atoms with E-state index in [1.165, 1.54) is 17.0 Å². The van der Waals surface area contributed by atoms with Gasteiger partial charge in [-0.15, -0.1) is 0 Å². The third-order valence-electron chi connectivity index (χ3n) is 3.64. The van der Waals surface area contributed by atoms with Crippen molar-refractivity contribution in [1.29, 1.82) is 0 Å². The zero-order chi connectivity index (χ0) is 15.2. The van der Waals surface area contributed by atoms with Crippen LogP contribution in [0.25, 0.3) is 0 Å². The van der Waals surface area contributed by atoms with Crippen LogP contribution in [0.2, 0.25) is 0 Å². The smallest absolute Gasteiger partial charge is 0.314 e. The molecule has 3 rings (SSSR count). The highest BCUT2D eigenvalue weighted by Gasteiger charge is 2.40. The lowest BCUT2D eigenvalue weighted by Gasteiger charge is -2.18. The van der Waals surface area contributed by atoms with Crippen LogP contribution in [0.5, 0.6) is 0 Å². The molecule has 1 aliphatic heterocycles. The zero-order valence-electron chi connectivity index (χ0n) is 11.1. The fourth-order valence-corrected chi connectivity index (χ4v) is 2.38. The van der Waals surface area contributed by atoms with Crippen LogP contribution in [0.4, 0.5) is 23.7 Å². The number of anilines is 1. The van der Waals surface area contributed by atoms with Gasteiger partial charge in [-0.05, 0) is 37.0 Å². The van der Waals surface area contributed by atoms with Gasteiger partial charge < -0.3 is 4.90 Å². The summed E-state index contributed by atoms with van der Waals surface area (Å²) in [4.78, 5) is 26.4. The molecule has 1 aromatic carbocycles. The largest absolute Gasteiger partial charge is 0.416 e. The van der Waals surface area contributed by atoms with Gasteiger partial charge in [-0.2, -0.15) is 13.2 Å². The van der Waals surface area contributed by atoms with Crippen molar-refractivity contribution in [2.45, 2.75) is 19.0 Å². The summed E-state index contributed by atoms with van der Waals surface area (Å²) in [5.74, 6) is -0.0665. The minimum Gasteiger partial charge on any atom is -0.314 e. The maximum atomic E-state index is 12.7. The fraction of sp³-hybridized carbons (Fsp3) is 0.429. The quantitative estimate of drug-likeness (QED) is 0.805. The number of carbonyl (C=O) groups is 2. The van der Waals surface area contributed by atoms with E-state index in [1.807, 2.05) is 0 Å². The standard InChI is InChI=1S/C14H13F3N2O2/c15-14(16,17)10-2-1-3-11(6-10)19-12(20)8-18(13(19)21)7-9-4-5-9/h1-3,6,9H,4-5,7-8H2. The van der Waals surface area contributed by atoms with E-state index in [4.69, 9.17) is 0 Å². The van der Waals surface area contributed by atoms with E-state index in [-0.39, 0.29) is 12.2 Å². The topological polar surface area (TPSA) is 40.6 Å². The molecule has 0 unspecified atom stereocenters. The summed E-state index contributed by atoms with van der Waals surface area (Å²) in [5.41, 5.74) is -0.903. The Labute approximate surface area is 119 Å². The number of amides is 3. The van der Waals surface area contributed by atoms with E-state index in [9.17, 15) is 22.8 Å². The summed E-state index contributed by atoms with van der Waals surface area (Å²) in [5, 5.41) is 0. The van der Waals surface area contributed by atoms with Gasteiger partial charge in [-0.1, -0.05) is 6.07 Å². The van der Waals surface area contributed by atoms with Crippen molar-refractivity contribution in [2.75, 3.05) is 18.0 Å². The van der Waals surface area contributed by atoms with Crippen LogP contribution >= 0.6 is 0 Å². The number of hydrogen-bond donors (Lipinski definition) is 0. The van der Waals surface area contributed by atoms with Gasteiger partial charge in [0.2, 0.25) is 0 Å². The van der Waals surface area contributed by atoms with Crippen molar-refractivity contribution >= 4 is 17.6 Å². The molecule has 1 heterocycles. The van der Waals surface area contributed by atoms with Gasteiger partial charge in [0.1, 0.15) is 6.54 Å². The average molecular weight is 298 g/mol. The molecule has 1 aromatic rings. The SMILES string of the molecule is O=C1CN(CC2CC2)C(=O)N1c1cccc(C(F)(F)F)c1. The van der Waals surface area contributed by atoms with Crippen molar-refractivity contribution in [2.24, 2.45) is 5.92 Å². The van der Waals surface area contributed by atoms with Gasteiger partial charge >= 0.3 is 12.2 Å². The Kier molecular flexibility index (Phi) is 3.15. The molecule has 0 spiro atoms. The van der Waals surface area contributed by atoms with E-state index in [0.29, 0.717) is 12.5 Å². The van der Waals surface area contributed by atoms with E-state index >= 15 is 0 Å². The van der Waals surface area contributed by atoms with Crippen LogP contribution < -0.4 is 4.90 Å². The molecular formula is C14H13F3N2O2. The first-order valence-corrected chi connectivity index (χ1v) is 6.65. The Balaban J connectivity index is 1.85. The molecule has 2 fully saturated rings. The summed E-state index contributed by atoms with van der Waals surface area (Å²) >= 11 is 0. The summed E-state index contributed by atoms with van der Waals surface area (Å²) in [6.45, 7) is 0.436. The molecule has 0 N–H and O–H groups in total. The molecule has 3 amide bonds. The van der Waals surface area contributed by atoms with Crippen LogP contribution in [0.15, 0.2) is 24.3 Å². The van der Waals surface area contributed by atoms with Crippen LogP contribution in [-0.4, -0.2) is 29.9 Å². The Bertz CT molecular complexity index is 596. The van der Waals surface area contributed by atoms with Crippen LogP contribution in [0, 0.1) is 5.92 Å². The van der Waals surface area contributed by atoms with Gasteiger partial charge in [0, 0.05) is 6.54 Å². The molecule has 7 heteroatoms. The number of nitrogens with zero attached hydrogens (tertiary/aromatic N) is 2. The predicted octanol–water partition coefficient (Wildman–Crippen LogP) is 2.88. The highest BCUT2D eigenvalue weighted by Crippen LogP contribution is 2.34. The number of carbonyl (C=O) groups excluding carboxylic acids is 2. The van der Waals surface area contributed by atoms with E-state index in [1.54, 1.807) is 0 Å². The molecule has 0 radical (unpaired) electrons. The van der Waals surface area contributed by atoms with Crippen molar-refractivity contribution < 1.29 is 22.8 Å². The van der Waals surface area contributed by atoms with Gasteiger partial charge in [-0.3, -0.25) is 4.79 Å². The molecule has 0 aromatic heterocycles. The number of halogens is 3. The second-order valence-electron chi connectivity index (χ2n) is 5.38. The van der Waals surface area contributed by atoms with Gasteiger partial charge in [0.25, 0.3) is 5.91 Å². The summed E-state index contributed by atoms with van der Waals surface area (Å²) in [6, 6.07) is 3.74. The second-order valence-corrected chi connectivity index (χ2v) is 5.38. The first kappa shape index (κ1) is 13.9. The van der Waals surface area contributed by atoms with Gasteiger partial charge in [0.05, 0.1) is 11.3 Å². The minimum atomic E-state index is -4.50. The first-order valence-electron chi connectivity index (χ1n) is 6.65. The Morgan fingerprint density at radius 2 is 1.90 bits per heavy atom. The highest BCUT2D eigenvalue weighted by atomic mass is 19.4. The molecule has 4 nitrogen and oxygen atoms in total. The number of urea groups is 1. The number of hydrogen-bond acceptors (Lipinski definition) is 2. The maximum Gasteiger partial charge on any atom is 0.416 e. The molecule has 1 aliphatic carbocycles. The number of rotatable bonds is 3. The normalized spacial score (nSPS) is 19.6. The summed E-state index contributed by atoms with van der Waals surface area (Å²) in [6.07, 6.45) is -2.45. The predicted molar refractivity (Wildman–Crippen MR) is 68.6 cm³/mol. The number of alkyl halides is 3. The van der Waals surface area contributed by atoms with Crippen molar-refractivity contribution in [3.63, 3.8) is 0 Å². The van der Waals surface area contributed by atoms with Crippen LogP contribution in [-0.2, 0) is 11.0 Å². The van der Waals surface area contributed by atoms with Crippen LogP contribution in [0.1, 0.15) is 18.4 Å². The van der Waals surface area contributed by atoms with Crippen molar-refractivity contribution in [1.82, 2.24) is 4.90 Å². The molecule has 0 atom stereocenters. The fourth-order valence-electron chi connectivity index (χ4n) is 2.38. The lowest BCUT2D eigenvalue weighted by Crippen LogP contribution is -2.34. The van der Waals surface area contributed by atoms with Crippen molar-refractivity contribution in [3.8, 4) is 0 Å². The molecular weight excluding hydrogens is 285 g/mol. The maximum absolute atomic E-state index is 12.7. The number of imide groups is 1. The highest BCUT2D eigenvalue weighted by molar-refractivity contribution is 6.19. The molecule has 21 heavy (non-hydrogen) atoms. The van der Waals surface area contributed by atoms with Crippen LogP contribution in [0.3, 0.4) is 0 Å². The van der Waals surface area contributed by atoms with E-state index in [2.05, 4.69) is 0 Å². The molecule has 1 saturated carbocycles. The molecule has 112 valence electrons. The number of benzene rings is 1. The Morgan fingerprint density at radius 1 is 1.19 bits per heavy atom. The third-order valence-corrected chi connectivity index (χ3v) is 3.64. The third kappa shape index (κ3) is 2.72. The molecule has 0 bridgehead atoms. The lowest BCUT2D eigenvalue weighted by molar-refractivity contribution is -0.137. The molecule has 1 saturated heterocycles. The Hall–Kier alpha value is -2.05. The summed E-state index contributed by atoms with van der Waals surface area (Å²) in [7, 11) is 0. The van der Waals surface area contributed by atoms with E-state index < -0.39 is 23.7 Å². The lowest BCUT2D eigenvalue weighted by atomic mass is 10.2. The first-order chi connectivity index (χ1) is 9.86. The van der Waals surface area contributed by atoms with Gasteiger partial charge in [-0.25, -0.2) is 9.69 Å². The van der Waals surface area contributed by atoms with Gasteiger partial charge in [0.15, 0.2) is 0 Å². The van der Waals surface area contributed by atoms with Crippen molar-refractivity contribution in [3.05, 3.63) is 29.8 Å². The zero-order valence-corrected chi connectivity index (χ0v) is 11.1.